The van der Waals surface area contributed by atoms with E-state index in [1.165, 1.54) is 0 Å². The molecule has 3 N–H and O–H groups in total. The lowest BCUT2D eigenvalue weighted by Crippen LogP contribution is -2.25. The van der Waals surface area contributed by atoms with Gasteiger partial charge in [-0.05, 0) is 71.5 Å². The Morgan fingerprint density at radius 1 is 1.08 bits per heavy atom. The van der Waals surface area contributed by atoms with Crippen molar-refractivity contribution in [2.75, 3.05) is 37.4 Å². The number of anilines is 2. The molecule has 0 aromatic heterocycles. The van der Waals surface area contributed by atoms with Gasteiger partial charge in [0.1, 0.15) is 0 Å². The second kappa shape index (κ2) is 10.8. The Bertz CT molecular complexity index is 735. The van der Waals surface area contributed by atoms with Crippen molar-refractivity contribution < 1.29 is 14.3 Å². The van der Waals surface area contributed by atoms with E-state index in [4.69, 9.17) is 4.74 Å². The molecule has 0 aliphatic carbocycles. The van der Waals surface area contributed by atoms with Crippen molar-refractivity contribution in [1.82, 2.24) is 5.32 Å². The van der Waals surface area contributed by atoms with Crippen LogP contribution in [0.2, 0.25) is 0 Å². The van der Waals surface area contributed by atoms with E-state index in [0.29, 0.717) is 24.4 Å². The average molecular weight is 467 g/mol. The number of hydrogen-bond donors (Lipinski definition) is 3. The van der Waals surface area contributed by atoms with Crippen LogP contribution in [0.5, 0.6) is 0 Å². The average Bonchev–Trinajstić information content (AvgIpc) is 2.65. The maximum Gasteiger partial charge on any atom is 0.251 e. The van der Waals surface area contributed by atoms with Gasteiger partial charge in [-0.2, -0.15) is 0 Å². The van der Waals surface area contributed by atoms with Gasteiger partial charge in [-0.1, -0.05) is 6.07 Å². The quantitative estimate of drug-likeness (QED) is 0.391. The summed E-state index contributed by atoms with van der Waals surface area (Å²) >= 11 is 2.21. The standard InChI is InChI=1S/C19H22IN3O3/c1-26-11-3-10-21-19(25)14-4-2-5-17(12-14)22-13-18(24)23-16-8-6-15(20)7-9-16/h2,4-9,12,22H,3,10-11,13H2,1H3,(H,21,25)(H,23,24). The topological polar surface area (TPSA) is 79.5 Å². The van der Waals surface area contributed by atoms with Crippen LogP contribution in [0.3, 0.4) is 0 Å². The Balaban J connectivity index is 1.82. The van der Waals surface area contributed by atoms with Gasteiger partial charge in [-0.15, -0.1) is 0 Å². The van der Waals surface area contributed by atoms with Crippen molar-refractivity contribution >= 4 is 45.8 Å². The number of nitrogens with one attached hydrogen (secondary N) is 3. The van der Waals surface area contributed by atoms with E-state index in [2.05, 4.69) is 38.5 Å². The smallest absolute Gasteiger partial charge is 0.251 e. The summed E-state index contributed by atoms with van der Waals surface area (Å²) in [4.78, 5) is 24.1. The highest BCUT2D eigenvalue weighted by atomic mass is 127. The summed E-state index contributed by atoms with van der Waals surface area (Å²) in [6.45, 7) is 1.28. The number of rotatable bonds is 9. The minimum Gasteiger partial charge on any atom is -0.385 e. The van der Waals surface area contributed by atoms with E-state index in [0.717, 1.165) is 15.7 Å². The second-order valence-electron chi connectivity index (χ2n) is 5.59. The van der Waals surface area contributed by atoms with Gasteiger partial charge in [0.05, 0.1) is 6.54 Å². The SMILES string of the molecule is COCCCNC(=O)c1cccc(NCC(=O)Nc2ccc(I)cc2)c1. The van der Waals surface area contributed by atoms with Crippen LogP contribution in [0.15, 0.2) is 48.5 Å². The third-order valence-corrected chi connectivity index (χ3v) is 4.24. The molecule has 2 amide bonds. The molecule has 2 aromatic carbocycles. The number of benzene rings is 2. The van der Waals surface area contributed by atoms with Crippen LogP contribution in [0, 0.1) is 3.57 Å². The zero-order valence-electron chi connectivity index (χ0n) is 14.5. The van der Waals surface area contributed by atoms with Crippen LogP contribution in [-0.4, -0.2) is 38.6 Å². The molecule has 2 aromatic rings. The molecular weight excluding hydrogens is 445 g/mol. The van der Waals surface area contributed by atoms with Crippen LogP contribution in [-0.2, 0) is 9.53 Å². The second-order valence-corrected chi connectivity index (χ2v) is 6.84. The Labute approximate surface area is 166 Å². The van der Waals surface area contributed by atoms with Crippen LogP contribution in [0.4, 0.5) is 11.4 Å². The maximum atomic E-state index is 12.1. The van der Waals surface area contributed by atoms with Gasteiger partial charge < -0.3 is 20.7 Å². The lowest BCUT2D eigenvalue weighted by atomic mass is 10.2. The third kappa shape index (κ3) is 7.01. The molecule has 0 saturated heterocycles. The summed E-state index contributed by atoms with van der Waals surface area (Å²) in [5, 5.41) is 8.69. The first-order valence-electron chi connectivity index (χ1n) is 8.25. The number of hydrogen-bond acceptors (Lipinski definition) is 4. The highest BCUT2D eigenvalue weighted by molar-refractivity contribution is 14.1. The molecule has 0 atom stereocenters. The molecule has 0 bridgehead atoms. The molecule has 138 valence electrons. The minimum absolute atomic E-state index is 0.116. The normalized spacial score (nSPS) is 10.2. The summed E-state index contributed by atoms with van der Waals surface area (Å²) in [5.74, 6) is -0.297. The fourth-order valence-corrected chi connectivity index (χ4v) is 2.57. The van der Waals surface area contributed by atoms with Gasteiger partial charge in [0, 0.05) is 40.8 Å². The summed E-state index contributed by atoms with van der Waals surface area (Å²) in [5.41, 5.74) is 2.01. The Hall–Kier alpha value is -2.13. The molecule has 0 fully saturated rings. The van der Waals surface area contributed by atoms with Crippen LogP contribution < -0.4 is 16.0 Å². The largest absolute Gasteiger partial charge is 0.385 e. The highest BCUT2D eigenvalue weighted by Crippen LogP contribution is 2.12. The van der Waals surface area contributed by atoms with Gasteiger partial charge in [0.2, 0.25) is 5.91 Å². The number of ether oxygens (including phenoxy) is 1. The number of methoxy groups -OCH3 is 1. The van der Waals surface area contributed by atoms with Gasteiger partial charge in [-0.3, -0.25) is 9.59 Å². The molecule has 26 heavy (non-hydrogen) atoms. The van der Waals surface area contributed by atoms with Crippen molar-refractivity contribution in [3.63, 3.8) is 0 Å². The molecule has 0 spiro atoms. The number of carbonyl (C=O) groups excluding carboxylic acids is 2. The lowest BCUT2D eigenvalue weighted by Gasteiger charge is -2.10. The zero-order chi connectivity index (χ0) is 18.8. The molecule has 6 nitrogen and oxygen atoms in total. The Morgan fingerprint density at radius 2 is 1.85 bits per heavy atom. The van der Waals surface area contributed by atoms with E-state index in [9.17, 15) is 9.59 Å². The molecule has 0 unspecified atom stereocenters. The Morgan fingerprint density at radius 3 is 2.58 bits per heavy atom. The Kier molecular flexibility index (Phi) is 8.36. The number of amides is 2. The number of halogens is 1. The van der Waals surface area contributed by atoms with E-state index in [1.807, 2.05) is 30.3 Å². The predicted octanol–water partition coefficient (Wildman–Crippen LogP) is 3.11. The van der Waals surface area contributed by atoms with Crippen molar-refractivity contribution in [3.05, 3.63) is 57.7 Å². The molecule has 7 heteroatoms. The van der Waals surface area contributed by atoms with Crippen LogP contribution in [0.25, 0.3) is 0 Å². The molecule has 0 saturated carbocycles. The first-order valence-corrected chi connectivity index (χ1v) is 9.33. The van der Waals surface area contributed by atoms with Crippen molar-refractivity contribution in [1.29, 1.82) is 0 Å². The van der Waals surface area contributed by atoms with Crippen molar-refractivity contribution in [2.45, 2.75) is 6.42 Å². The maximum absolute atomic E-state index is 12.1. The van der Waals surface area contributed by atoms with Crippen molar-refractivity contribution in [2.24, 2.45) is 0 Å². The van der Waals surface area contributed by atoms with E-state index in [1.54, 1.807) is 25.3 Å². The summed E-state index contributed by atoms with van der Waals surface area (Å²) in [6.07, 6.45) is 0.763. The predicted molar refractivity (Wildman–Crippen MR) is 112 cm³/mol. The van der Waals surface area contributed by atoms with E-state index >= 15 is 0 Å². The summed E-state index contributed by atoms with van der Waals surface area (Å²) < 4.78 is 6.06. The third-order valence-electron chi connectivity index (χ3n) is 3.52. The monoisotopic (exact) mass is 467 g/mol. The molecule has 2 rings (SSSR count). The molecule has 0 aliphatic rings. The molecule has 0 aliphatic heterocycles. The zero-order valence-corrected chi connectivity index (χ0v) is 16.7. The minimum atomic E-state index is -0.152. The van der Waals surface area contributed by atoms with Crippen LogP contribution in [0.1, 0.15) is 16.8 Å². The number of carbonyl (C=O) groups is 2. The molecule has 0 heterocycles. The van der Waals surface area contributed by atoms with Gasteiger partial charge in [-0.25, -0.2) is 0 Å². The fraction of sp³-hybridized carbons (Fsp3) is 0.263. The molecule has 0 radical (unpaired) electrons. The lowest BCUT2D eigenvalue weighted by molar-refractivity contribution is -0.114. The van der Waals surface area contributed by atoms with E-state index < -0.39 is 0 Å². The van der Waals surface area contributed by atoms with Crippen molar-refractivity contribution in [3.8, 4) is 0 Å². The fourth-order valence-electron chi connectivity index (χ4n) is 2.21. The summed E-state index contributed by atoms with van der Waals surface area (Å²) in [7, 11) is 1.63. The first-order chi connectivity index (χ1) is 12.6. The van der Waals surface area contributed by atoms with Gasteiger partial charge in [0.15, 0.2) is 0 Å². The van der Waals surface area contributed by atoms with Crippen LogP contribution >= 0.6 is 22.6 Å². The first kappa shape index (κ1) is 20.2. The van der Waals surface area contributed by atoms with Gasteiger partial charge in [0.25, 0.3) is 5.91 Å². The van der Waals surface area contributed by atoms with Gasteiger partial charge >= 0.3 is 0 Å². The molecular formula is C19H22IN3O3. The van der Waals surface area contributed by atoms with E-state index in [-0.39, 0.29) is 18.4 Å². The summed E-state index contributed by atoms with van der Waals surface area (Å²) in [6, 6.07) is 14.6. The highest BCUT2D eigenvalue weighted by Gasteiger charge is 2.07.